The molecule has 1 aliphatic heterocycles. The summed E-state index contributed by atoms with van der Waals surface area (Å²) >= 11 is 0. The van der Waals surface area contributed by atoms with Gasteiger partial charge >= 0.3 is 0 Å². The Labute approximate surface area is 95.1 Å². The van der Waals surface area contributed by atoms with Gasteiger partial charge in [0.15, 0.2) is 0 Å². The highest BCUT2D eigenvalue weighted by molar-refractivity contribution is 5.28. The van der Waals surface area contributed by atoms with Gasteiger partial charge in [0, 0.05) is 12.5 Å². The number of hydrogen-bond acceptors (Lipinski definition) is 2. The van der Waals surface area contributed by atoms with Gasteiger partial charge in [-0.1, -0.05) is 12.1 Å². The van der Waals surface area contributed by atoms with E-state index < -0.39 is 5.60 Å². The number of rotatable bonds is 2. The summed E-state index contributed by atoms with van der Waals surface area (Å²) < 4.78 is 18.7. The van der Waals surface area contributed by atoms with E-state index in [1.54, 1.807) is 26.0 Å². The average molecular weight is 224 g/mol. The smallest absolute Gasteiger partial charge is 0.126 e. The predicted octanol–water partition coefficient (Wildman–Crippen LogP) is 2.38. The lowest BCUT2D eigenvalue weighted by atomic mass is 9.82. The molecule has 0 bridgehead atoms. The number of hydrogen-bond donors (Lipinski definition) is 1. The third-order valence-electron chi connectivity index (χ3n) is 3.48. The summed E-state index contributed by atoms with van der Waals surface area (Å²) in [7, 11) is 0. The lowest BCUT2D eigenvalue weighted by molar-refractivity contribution is -0.00996. The molecule has 0 radical (unpaired) electrons. The number of aliphatic hydroxyl groups is 1. The first kappa shape index (κ1) is 11.6. The topological polar surface area (TPSA) is 29.5 Å². The van der Waals surface area contributed by atoms with Crippen LogP contribution in [0, 0.1) is 18.7 Å². The largest absolute Gasteiger partial charge is 0.385 e. The Hall–Kier alpha value is -0.930. The molecule has 2 atom stereocenters. The molecule has 0 spiro atoms. The zero-order chi connectivity index (χ0) is 11.8. The highest BCUT2D eigenvalue weighted by Crippen LogP contribution is 2.35. The molecule has 1 N–H and O–H groups in total. The van der Waals surface area contributed by atoms with E-state index in [0.717, 1.165) is 6.42 Å². The van der Waals surface area contributed by atoms with E-state index >= 15 is 0 Å². The van der Waals surface area contributed by atoms with Gasteiger partial charge in [-0.15, -0.1) is 0 Å². The highest BCUT2D eigenvalue weighted by atomic mass is 19.1. The Morgan fingerprint density at radius 2 is 2.25 bits per heavy atom. The van der Waals surface area contributed by atoms with Crippen molar-refractivity contribution in [3.05, 3.63) is 35.1 Å². The molecule has 0 saturated carbocycles. The second-order valence-corrected chi connectivity index (χ2v) is 4.67. The average Bonchev–Trinajstić information content (AvgIpc) is 2.75. The fourth-order valence-electron chi connectivity index (χ4n) is 2.12. The molecular weight excluding hydrogens is 207 g/mol. The predicted molar refractivity (Wildman–Crippen MR) is 59.6 cm³/mol. The summed E-state index contributed by atoms with van der Waals surface area (Å²) in [6.45, 7) is 4.67. The molecule has 1 aromatic carbocycles. The van der Waals surface area contributed by atoms with Crippen LogP contribution in [0.3, 0.4) is 0 Å². The monoisotopic (exact) mass is 224 g/mol. The van der Waals surface area contributed by atoms with Crippen molar-refractivity contribution in [2.45, 2.75) is 25.9 Å². The molecule has 1 heterocycles. The van der Waals surface area contributed by atoms with Crippen LogP contribution < -0.4 is 0 Å². The van der Waals surface area contributed by atoms with E-state index in [-0.39, 0.29) is 11.7 Å². The number of ether oxygens (including phenoxy) is 1. The summed E-state index contributed by atoms with van der Waals surface area (Å²) in [4.78, 5) is 0. The van der Waals surface area contributed by atoms with Crippen LogP contribution in [0.4, 0.5) is 4.39 Å². The normalized spacial score (nSPS) is 24.4. The summed E-state index contributed by atoms with van der Waals surface area (Å²) in [6, 6.07) is 4.92. The van der Waals surface area contributed by atoms with Crippen molar-refractivity contribution in [2.24, 2.45) is 5.92 Å². The van der Waals surface area contributed by atoms with Crippen LogP contribution in [0.15, 0.2) is 18.2 Å². The molecule has 1 saturated heterocycles. The maximum absolute atomic E-state index is 13.5. The zero-order valence-electron chi connectivity index (χ0n) is 9.66. The van der Waals surface area contributed by atoms with Gasteiger partial charge in [-0.25, -0.2) is 4.39 Å². The van der Waals surface area contributed by atoms with Gasteiger partial charge in [0.1, 0.15) is 5.82 Å². The highest BCUT2D eigenvalue weighted by Gasteiger charge is 2.36. The fraction of sp³-hybridized carbons (Fsp3) is 0.538. The van der Waals surface area contributed by atoms with Gasteiger partial charge in [0.2, 0.25) is 0 Å². The summed E-state index contributed by atoms with van der Waals surface area (Å²) in [5.41, 5.74) is 0.221. The van der Waals surface area contributed by atoms with Crippen molar-refractivity contribution in [1.82, 2.24) is 0 Å². The minimum atomic E-state index is -1.01. The van der Waals surface area contributed by atoms with E-state index in [9.17, 15) is 9.50 Å². The molecule has 1 fully saturated rings. The number of aryl methyl sites for hydroxylation is 1. The van der Waals surface area contributed by atoms with Crippen LogP contribution in [-0.4, -0.2) is 18.3 Å². The quantitative estimate of drug-likeness (QED) is 0.835. The molecule has 0 aliphatic carbocycles. The summed E-state index contributed by atoms with van der Waals surface area (Å²) in [5.74, 6) is -0.216. The Morgan fingerprint density at radius 1 is 1.50 bits per heavy atom. The van der Waals surface area contributed by atoms with Crippen LogP contribution in [0.5, 0.6) is 0 Å². The van der Waals surface area contributed by atoms with Crippen molar-refractivity contribution in [3.8, 4) is 0 Å². The summed E-state index contributed by atoms with van der Waals surface area (Å²) in [6.07, 6.45) is 0.822. The summed E-state index contributed by atoms with van der Waals surface area (Å²) in [5, 5.41) is 10.5. The molecule has 16 heavy (non-hydrogen) atoms. The van der Waals surface area contributed by atoms with Crippen LogP contribution >= 0.6 is 0 Å². The van der Waals surface area contributed by atoms with E-state index in [0.29, 0.717) is 24.3 Å². The van der Waals surface area contributed by atoms with Gasteiger partial charge in [-0.05, 0) is 37.5 Å². The van der Waals surface area contributed by atoms with Crippen LogP contribution in [-0.2, 0) is 10.3 Å². The molecule has 2 nitrogen and oxygen atoms in total. The van der Waals surface area contributed by atoms with Crippen molar-refractivity contribution in [1.29, 1.82) is 0 Å². The molecule has 88 valence electrons. The van der Waals surface area contributed by atoms with E-state index in [1.165, 1.54) is 6.07 Å². The third-order valence-corrected chi connectivity index (χ3v) is 3.48. The van der Waals surface area contributed by atoms with Crippen molar-refractivity contribution >= 4 is 0 Å². The lowest BCUT2D eigenvalue weighted by Crippen LogP contribution is -2.32. The molecule has 1 aliphatic rings. The van der Waals surface area contributed by atoms with Gasteiger partial charge in [0.05, 0.1) is 12.2 Å². The lowest BCUT2D eigenvalue weighted by Gasteiger charge is -2.29. The molecule has 2 unspecified atom stereocenters. The van der Waals surface area contributed by atoms with Crippen LogP contribution in [0.1, 0.15) is 24.5 Å². The van der Waals surface area contributed by atoms with Gasteiger partial charge < -0.3 is 9.84 Å². The molecule has 0 amide bonds. The SMILES string of the molecule is Cc1ccc(C(C)(O)C2CCOC2)cc1F. The molecular formula is C13H17FO2. The van der Waals surface area contributed by atoms with E-state index in [4.69, 9.17) is 4.74 Å². The van der Waals surface area contributed by atoms with E-state index in [1.807, 2.05) is 0 Å². The van der Waals surface area contributed by atoms with Crippen molar-refractivity contribution in [2.75, 3.05) is 13.2 Å². The van der Waals surface area contributed by atoms with E-state index in [2.05, 4.69) is 0 Å². The second kappa shape index (κ2) is 4.15. The third kappa shape index (κ3) is 1.97. The van der Waals surface area contributed by atoms with Crippen molar-refractivity contribution < 1.29 is 14.2 Å². The maximum Gasteiger partial charge on any atom is 0.126 e. The zero-order valence-corrected chi connectivity index (χ0v) is 9.66. The Bertz CT molecular complexity index is 382. The molecule has 3 heteroatoms. The number of benzene rings is 1. The Balaban J connectivity index is 2.30. The number of halogens is 1. The first-order valence-corrected chi connectivity index (χ1v) is 5.58. The minimum Gasteiger partial charge on any atom is -0.385 e. The molecule has 2 rings (SSSR count). The van der Waals surface area contributed by atoms with Gasteiger partial charge in [0.25, 0.3) is 0 Å². The van der Waals surface area contributed by atoms with Crippen LogP contribution in [0.25, 0.3) is 0 Å². The Morgan fingerprint density at radius 3 is 2.81 bits per heavy atom. The minimum absolute atomic E-state index is 0.0506. The van der Waals surface area contributed by atoms with Gasteiger partial charge in [-0.2, -0.15) is 0 Å². The van der Waals surface area contributed by atoms with Crippen molar-refractivity contribution in [3.63, 3.8) is 0 Å². The molecule has 1 aromatic rings. The fourth-order valence-corrected chi connectivity index (χ4v) is 2.12. The first-order valence-electron chi connectivity index (χ1n) is 5.58. The standard InChI is InChI=1S/C13H17FO2/c1-9-3-4-10(7-12(9)14)13(2,15)11-5-6-16-8-11/h3-4,7,11,15H,5-6,8H2,1-2H3. The second-order valence-electron chi connectivity index (χ2n) is 4.67. The first-order chi connectivity index (χ1) is 7.51. The van der Waals surface area contributed by atoms with Crippen LogP contribution in [0.2, 0.25) is 0 Å². The maximum atomic E-state index is 13.5. The Kier molecular flexibility index (Phi) is 3.00. The van der Waals surface area contributed by atoms with Gasteiger partial charge in [-0.3, -0.25) is 0 Å². The molecule has 0 aromatic heterocycles.